The Kier molecular flexibility index (Phi) is 6.17. The van der Waals surface area contributed by atoms with Gasteiger partial charge >= 0.3 is 6.09 Å². The number of anilines is 3. The first-order chi connectivity index (χ1) is 13.0. The van der Waals surface area contributed by atoms with Gasteiger partial charge in [0.05, 0.1) is 11.4 Å². The van der Waals surface area contributed by atoms with Gasteiger partial charge in [0, 0.05) is 12.3 Å². The molecule has 150 valence electrons. The SMILES string of the molecule is C[C@H](NC(=O)OC(C)(C)C)C(=O)N(c1cc(F)cc(F)c1)c1ncccc1N. The lowest BCUT2D eigenvalue weighted by molar-refractivity contribution is -0.119. The fraction of sp³-hybridized carbons (Fsp3) is 0.316. The molecule has 0 aliphatic carbocycles. The van der Waals surface area contributed by atoms with Crippen molar-refractivity contribution in [3.8, 4) is 0 Å². The predicted octanol–water partition coefficient (Wildman–Crippen LogP) is 3.52. The summed E-state index contributed by atoms with van der Waals surface area (Å²) >= 11 is 0. The van der Waals surface area contributed by atoms with Crippen LogP contribution < -0.4 is 16.0 Å². The minimum absolute atomic E-state index is 0.0182. The molecule has 1 aromatic carbocycles. The van der Waals surface area contributed by atoms with Crippen molar-refractivity contribution in [1.29, 1.82) is 0 Å². The molecule has 0 bridgehead atoms. The highest BCUT2D eigenvalue weighted by atomic mass is 19.1. The highest BCUT2D eigenvalue weighted by Gasteiger charge is 2.29. The van der Waals surface area contributed by atoms with E-state index in [1.165, 1.54) is 19.2 Å². The zero-order valence-corrected chi connectivity index (χ0v) is 16.0. The third kappa shape index (κ3) is 5.38. The average molecular weight is 392 g/mol. The fourth-order valence-corrected chi connectivity index (χ4v) is 2.36. The van der Waals surface area contributed by atoms with E-state index in [0.29, 0.717) is 6.07 Å². The van der Waals surface area contributed by atoms with Crippen molar-refractivity contribution in [2.45, 2.75) is 39.3 Å². The third-order valence-electron chi connectivity index (χ3n) is 3.46. The molecule has 2 aromatic rings. The molecule has 28 heavy (non-hydrogen) atoms. The van der Waals surface area contributed by atoms with E-state index in [-0.39, 0.29) is 17.2 Å². The molecule has 0 aliphatic rings. The van der Waals surface area contributed by atoms with Gasteiger partial charge in [0.25, 0.3) is 5.91 Å². The number of carbonyl (C=O) groups is 2. The summed E-state index contributed by atoms with van der Waals surface area (Å²) < 4.78 is 32.6. The fourth-order valence-electron chi connectivity index (χ4n) is 2.36. The number of rotatable bonds is 4. The number of nitrogens with two attached hydrogens (primary N) is 1. The van der Waals surface area contributed by atoms with Crippen molar-refractivity contribution in [1.82, 2.24) is 10.3 Å². The average Bonchev–Trinajstić information content (AvgIpc) is 2.54. The number of amides is 2. The van der Waals surface area contributed by atoms with Crippen molar-refractivity contribution in [2.24, 2.45) is 0 Å². The molecular formula is C19H22F2N4O3. The number of carbonyl (C=O) groups excluding carboxylic acids is 2. The van der Waals surface area contributed by atoms with Crippen molar-refractivity contribution >= 4 is 29.2 Å². The third-order valence-corrected chi connectivity index (χ3v) is 3.46. The van der Waals surface area contributed by atoms with Crippen molar-refractivity contribution in [3.05, 3.63) is 48.2 Å². The van der Waals surface area contributed by atoms with Gasteiger partial charge in [0.15, 0.2) is 5.82 Å². The van der Waals surface area contributed by atoms with Gasteiger partial charge < -0.3 is 15.8 Å². The second kappa shape index (κ2) is 8.20. The smallest absolute Gasteiger partial charge is 0.408 e. The summed E-state index contributed by atoms with van der Waals surface area (Å²) in [6.07, 6.45) is 0.570. The second-order valence-corrected chi connectivity index (χ2v) is 7.09. The summed E-state index contributed by atoms with van der Waals surface area (Å²) in [6.45, 7) is 6.44. The Hall–Kier alpha value is -3.23. The Morgan fingerprint density at radius 1 is 1.21 bits per heavy atom. The Morgan fingerprint density at radius 2 is 1.82 bits per heavy atom. The molecule has 0 saturated carbocycles. The lowest BCUT2D eigenvalue weighted by Crippen LogP contribution is -2.47. The number of benzene rings is 1. The van der Waals surface area contributed by atoms with Gasteiger partial charge in [-0.2, -0.15) is 0 Å². The second-order valence-electron chi connectivity index (χ2n) is 7.09. The van der Waals surface area contributed by atoms with Crippen LogP contribution in [0.15, 0.2) is 36.5 Å². The van der Waals surface area contributed by atoms with Crippen LogP contribution in [0.5, 0.6) is 0 Å². The van der Waals surface area contributed by atoms with Crippen LogP contribution in [0.2, 0.25) is 0 Å². The number of hydrogen-bond acceptors (Lipinski definition) is 5. The molecule has 1 atom stereocenters. The number of nitrogen functional groups attached to an aromatic ring is 1. The van der Waals surface area contributed by atoms with Crippen LogP contribution in [0.3, 0.4) is 0 Å². The van der Waals surface area contributed by atoms with Crippen LogP contribution in [-0.4, -0.2) is 28.6 Å². The number of halogens is 2. The summed E-state index contributed by atoms with van der Waals surface area (Å²) in [4.78, 5) is 30.0. The maximum Gasteiger partial charge on any atom is 0.408 e. The summed E-state index contributed by atoms with van der Waals surface area (Å²) in [6, 6.07) is 4.56. The molecule has 0 aliphatic heterocycles. The van der Waals surface area contributed by atoms with E-state index < -0.39 is 35.3 Å². The largest absolute Gasteiger partial charge is 0.444 e. The quantitative estimate of drug-likeness (QED) is 0.830. The van der Waals surface area contributed by atoms with E-state index in [1.54, 1.807) is 26.8 Å². The molecule has 3 N–H and O–H groups in total. The van der Waals surface area contributed by atoms with Gasteiger partial charge in [0.2, 0.25) is 0 Å². The molecule has 7 nitrogen and oxygen atoms in total. The Morgan fingerprint density at radius 3 is 2.36 bits per heavy atom. The number of aromatic nitrogens is 1. The molecule has 0 saturated heterocycles. The van der Waals surface area contributed by atoms with E-state index >= 15 is 0 Å². The summed E-state index contributed by atoms with van der Waals surface area (Å²) in [7, 11) is 0. The van der Waals surface area contributed by atoms with E-state index in [1.807, 2.05) is 0 Å². The minimum Gasteiger partial charge on any atom is -0.444 e. The predicted molar refractivity (Wildman–Crippen MR) is 101 cm³/mol. The topological polar surface area (TPSA) is 97.5 Å². The monoisotopic (exact) mass is 392 g/mol. The van der Waals surface area contributed by atoms with Crippen LogP contribution >= 0.6 is 0 Å². The Labute approximate surface area is 161 Å². The summed E-state index contributed by atoms with van der Waals surface area (Å²) in [5.74, 6) is -2.48. The number of hydrogen-bond donors (Lipinski definition) is 2. The zero-order valence-electron chi connectivity index (χ0n) is 16.0. The number of ether oxygens (including phenoxy) is 1. The first kappa shape index (κ1) is 21.1. The first-order valence-corrected chi connectivity index (χ1v) is 8.48. The van der Waals surface area contributed by atoms with Gasteiger partial charge in [-0.3, -0.25) is 9.69 Å². The van der Waals surface area contributed by atoms with E-state index in [0.717, 1.165) is 17.0 Å². The first-order valence-electron chi connectivity index (χ1n) is 8.48. The van der Waals surface area contributed by atoms with Gasteiger partial charge in [-0.25, -0.2) is 18.6 Å². The zero-order chi connectivity index (χ0) is 21.1. The van der Waals surface area contributed by atoms with Gasteiger partial charge in [-0.1, -0.05) is 0 Å². The van der Waals surface area contributed by atoms with Crippen LogP contribution in [0, 0.1) is 11.6 Å². The van der Waals surface area contributed by atoms with Crippen LogP contribution in [0.4, 0.5) is 30.8 Å². The molecule has 9 heteroatoms. The van der Waals surface area contributed by atoms with E-state index in [2.05, 4.69) is 10.3 Å². The number of nitrogens with zero attached hydrogens (tertiary/aromatic N) is 2. The standard InChI is InChI=1S/C19H22F2N4O3/c1-11(24-18(27)28-19(2,3)4)17(26)25(16-15(22)6-5-7-23-16)14-9-12(20)8-13(21)10-14/h5-11H,22H2,1-4H3,(H,24,27)/t11-/m0/s1. The van der Waals surface area contributed by atoms with Crippen LogP contribution in [0.25, 0.3) is 0 Å². The van der Waals surface area contributed by atoms with Gasteiger partial charge in [-0.05, 0) is 52.0 Å². The molecule has 0 unspecified atom stereocenters. The van der Waals surface area contributed by atoms with Gasteiger partial charge in [-0.15, -0.1) is 0 Å². The molecule has 0 radical (unpaired) electrons. The summed E-state index contributed by atoms with van der Waals surface area (Å²) in [5, 5.41) is 2.40. The molecule has 2 amide bonds. The summed E-state index contributed by atoms with van der Waals surface area (Å²) in [5.41, 5.74) is 5.14. The number of pyridine rings is 1. The molecule has 0 fully saturated rings. The van der Waals surface area contributed by atoms with Crippen molar-refractivity contribution < 1.29 is 23.1 Å². The van der Waals surface area contributed by atoms with Crippen molar-refractivity contribution in [3.63, 3.8) is 0 Å². The number of nitrogens with one attached hydrogen (secondary N) is 1. The minimum atomic E-state index is -1.09. The molecular weight excluding hydrogens is 370 g/mol. The van der Waals surface area contributed by atoms with E-state index in [9.17, 15) is 18.4 Å². The highest BCUT2D eigenvalue weighted by molar-refractivity contribution is 6.05. The van der Waals surface area contributed by atoms with Crippen LogP contribution in [0.1, 0.15) is 27.7 Å². The maximum absolute atomic E-state index is 13.7. The maximum atomic E-state index is 13.7. The van der Waals surface area contributed by atoms with Gasteiger partial charge in [0.1, 0.15) is 23.3 Å². The van der Waals surface area contributed by atoms with Crippen LogP contribution in [-0.2, 0) is 9.53 Å². The Bertz CT molecular complexity index is 863. The lowest BCUT2D eigenvalue weighted by Gasteiger charge is -2.27. The molecule has 0 spiro atoms. The Balaban J connectivity index is 2.40. The van der Waals surface area contributed by atoms with Crippen molar-refractivity contribution in [2.75, 3.05) is 10.6 Å². The number of alkyl carbamates (subject to hydrolysis) is 1. The highest BCUT2D eigenvalue weighted by Crippen LogP contribution is 2.30. The molecule has 1 aromatic heterocycles. The normalized spacial score (nSPS) is 12.2. The van der Waals surface area contributed by atoms with E-state index in [4.69, 9.17) is 10.5 Å². The molecule has 1 heterocycles. The lowest BCUT2D eigenvalue weighted by atomic mass is 10.2. The molecule has 2 rings (SSSR count).